The zero-order valence-corrected chi connectivity index (χ0v) is 11.3. The van der Waals surface area contributed by atoms with Crippen LogP contribution in [0.4, 0.5) is 5.82 Å². The van der Waals surface area contributed by atoms with Crippen LogP contribution in [0.1, 0.15) is 11.1 Å². The highest BCUT2D eigenvalue weighted by Gasteiger charge is 2.17. The van der Waals surface area contributed by atoms with E-state index in [4.69, 9.17) is 26.8 Å². The SMILES string of the molecule is Cc1cnn(Cc2cc(Cl)c3c(c2)OCCO3)c1N. The molecule has 0 atom stereocenters. The van der Waals surface area contributed by atoms with Crippen molar-refractivity contribution in [2.75, 3.05) is 18.9 Å². The van der Waals surface area contributed by atoms with Gasteiger partial charge in [-0.15, -0.1) is 0 Å². The van der Waals surface area contributed by atoms with E-state index >= 15 is 0 Å². The number of hydrogen-bond acceptors (Lipinski definition) is 4. The first kappa shape index (κ1) is 12.2. The quantitative estimate of drug-likeness (QED) is 0.916. The summed E-state index contributed by atoms with van der Waals surface area (Å²) >= 11 is 6.19. The third-order valence-electron chi connectivity index (χ3n) is 3.06. The first-order valence-corrected chi connectivity index (χ1v) is 6.39. The number of nitrogens with zero attached hydrogens (tertiary/aromatic N) is 2. The minimum absolute atomic E-state index is 0.525. The molecule has 1 aliphatic rings. The summed E-state index contributed by atoms with van der Waals surface area (Å²) in [5.74, 6) is 1.95. The summed E-state index contributed by atoms with van der Waals surface area (Å²) in [7, 11) is 0. The lowest BCUT2D eigenvalue weighted by Crippen LogP contribution is -2.16. The number of nitrogens with two attached hydrogens (primary N) is 1. The molecule has 1 aromatic heterocycles. The van der Waals surface area contributed by atoms with E-state index in [1.54, 1.807) is 10.9 Å². The highest BCUT2D eigenvalue weighted by molar-refractivity contribution is 6.32. The average molecular weight is 280 g/mol. The van der Waals surface area contributed by atoms with E-state index in [9.17, 15) is 0 Å². The van der Waals surface area contributed by atoms with Gasteiger partial charge in [-0.3, -0.25) is 0 Å². The highest BCUT2D eigenvalue weighted by Crippen LogP contribution is 2.38. The van der Waals surface area contributed by atoms with Crippen molar-refractivity contribution in [3.05, 3.63) is 34.5 Å². The molecule has 0 unspecified atom stereocenters. The lowest BCUT2D eigenvalue weighted by atomic mass is 10.2. The maximum absolute atomic E-state index is 6.19. The van der Waals surface area contributed by atoms with Gasteiger partial charge in [-0.1, -0.05) is 11.6 Å². The monoisotopic (exact) mass is 279 g/mol. The topological polar surface area (TPSA) is 62.3 Å². The van der Waals surface area contributed by atoms with Gasteiger partial charge in [-0.25, -0.2) is 4.68 Å². The Morgan fingerprint density at radius 1 is 1.37 bits per heavy atom. The lowest BCUT2D eigenvalue weighted by molar-refractivity contribution is 0.171. The number of rotatable bonds is 2. The molecule has 1 aliphatic heterocycles. The fourth-order valence-corrected chi connectivity index (χ4v) is 2.33. The van der Waals surface area contributed by atoms with Crippen LogP contribution < -0.4 is 15.2 Å². The summed E-state index contributed by atoms with van der Waals surface area (Å²) < 4.78 is 12.8. The van der Waals surface area contributed by atoms with Crippen LogP contribution in [0.15, 0.2) is 18.3 Å². The second-order valence-corrected chi connectivity index (χ2v) is 4.88. The van der Waals surface area contributed by atoms with Crippen molar-refractivity contribution in [1.82, 2.24) is 9.78 Å². The van der Waals surface area contributed by atoms with Crippen LogP contribution in [0.5, 0.6) is 11.5 Å². The smallest absolute Gasteiger partial charge is 0.179 e. The van der Waals surface area contributed by atoms with E-state index in [-0.39, 0.29) is 0 Å². The molecule has 2 aromatic rings. The number of hydrogen-bond donors (Lipinski definition) is 1. The number of nitrogen functional groups attached to an aromatic ring is 1. The van der Waals surface area contributed by atoms with Crippen LogP contribution in [-0.4, -0.2) is 23.0 Å². The van der Waals surface area contributed by atoms with Crippen LogP contribution in [0.2, 0.25) is 5.02 Å². The van der Waals surface area contributed by atoms with Crippen LogP contribution in [-0.2, 0) is 6.54 Å². The summed E-state index contributed by atoms with van der Waals surface area (Å²) in [6, 6.07) is 3.77. The predicted molar refractivity (Wildman–Crippen MR) is 72.9 cm³/mol. The van der Waals surface area contributed by atoms with Crippen molar-refractivity contribution in [3.63, 3.8) is 0 Å². The molecule has 6 heteroatoms. The van der Waals surface area contributed by atoms with Gasteiger partial charge >= 0.3 is 0 Å². The molecule has 2 N–H and O–H groups in total. The number of benzene rings is 1. The molecule has 100 valence electrons. The Bertz CT molecular complexity index is 625. The van der Waals surface area contributed by atoms with E-state index in [0.29, 0.717) is 42.1 Å². The van der Waals surface area contributed by atoms with Crippen molar-refractivity contribution < 1.29 is 9.47 Å². The number of ether oxygens (including phenoxy) is 2. The van der Waals surface area contributed by atoms with Gasteiger partial charge in [0.25, 0.3) is 0 Å². The van der Waals surface area contributed by atoms with Crippen LogP contribution in [0, 0.1) is 6.92 Å². The molecule has 0 fully saturated rings. The summed E-state index contributed by atoms with van der Waals surface area (Å²) in [6.07, 6.45) is 1.74. The first-order chi connectivity index (χ1) is 9.15. The number of aryl methyl sites for hydroxylation is 1. The van der Waals surface area contributed by atoms with Crippen LogP contribution in [0.25, 0.3) is 0 Å². The summed E-state index contributed by atoms with van der Waals surface area (Å²) in [6.45, 7) is 3.54. The van der Waals surface area contributed by atoms with Crippen molar-refractivity contribution in [3.8, 4) is 11.5 Å². The van der Waals surface area contributed by atoms with Gasteiger partial charge in [0.1, 0.15) is 19.0 Å². The Balaban J connectivity index is 1.93. The number of fused-ring (bicyclic) bond motifs is 1. The Labute approximate surface area is 115 Å². The van der Waals surface area contributed by atoms with Crippen LogP contribution >= 0.6 is 11.6 Å². The van der Waals surface area contributed by atoms with Crippen molar-refractivity contribution in [2.45, 2.75) is 13.5 Å². The van der Waals surface area contributed by atoms with Crippen molar-refractivity contribution in [1.29, 1.82) is 0 Å². The number of anilines is 1. The van der Waals surface area contributed by atoms with Gasteiger partial charge in [0.15, 0.2) is 11.5 Å². The molecule has 0 saturated carbocycles. The van der Waals surface area contributed by atoms with E-state index in [2.05, 4.69) is 5.10 Å². The Hall–Kier alpha value is -1.88. The van der Waals surface area contributed by atoms with Crippen molar-refractivity contribution >= 4 is 17.4 Å². The minimum atomic E-state index is 0.525. The third-order valence-corrected chi connectivity index (χ3v) is 3.34. The molecule has 0 amide bonds. The largest absolute Gasteiger partial charge is 0.486 e. The third kappa shape index (κ3) is 2.21. The standard InChI is InChI=1S/C13H14ClN3O2/c1-8-6-16-17(13(8)15)7-9-4-10(14)12-11(5-9)18-2-3-19-12/h4-6H,2-3,7,15H2,1H3. The van der Waals surface area contributed by atoms with E-state index in [1.807, 2.05) is 19.1 Å². The molecule has 19 heavy (non-hydrogen) atoms. The minimum Gasteiger partial charge on any atom is -0.486 e. The fourth-order valence-electron chi connectivity index (χ4n) is 2.04. The van der Waals surface area contributed by atoms with E-state index in [1.165, 1.54) is 0 Å². The van der Waals surface area contributed by atoms with Gasteiger partial charge in [-0.05, 0) is 24.6 Å². The Kier molecular flexibility index (Phi) is 2.98. The molecule has 1 aromatic carbocycles. The van der Waals surface area contributed by atoms with Crippen molar-refractivity contribution in [2.24, 2.45) is 0 Å². The van der Waals surface area contributed by atoms with E-state index < -0.39 is 0 Å². The molecule has 0 aliphatic carbocycles. The van der Waals surface area contributed by atoms with Gasteiger partial charge in [0, 0.05) is 5.56 Å². The fraction of sp³-hybridized carbons (Fsp3) is 0.308. The molecular weight excluding hydrogens is 266 g/mol. The van der Waals surface area contributed by atoms with Crippen LogP contribution in [0.3, 0.4) is 0 Å². The lowest BCUT2D eigenvalue weighted by Gasteiger charge is -2.20. The molecule has 0 bridgehead atoms. The Morgan fingerprint density at radius 2 is 2.16 bits per heavy atom. The Morgan fingerprint density at radius 3 is 2.89 bits per heavy atom. The molecule has 0 radical (unpaired) electrons. The van der Waals surface area contributed by atoms with Gasteiger partial charge < -0.3 is 15.2 Å². The van der Waals surface area contributed by atoms with Gasteiger partial charge in [0.05, 0.1) is 17.8 Å². The molecular formula is C13H14ClN3O2. The first-order valence-electron chi connectivity index (χ1n) is 6.01. The summed E-state index contributed by atoms with van der Waals surface area (Å²) in [4.78, 5) is 0. The molecule has 2 heterocycles. The molecule has 0 saturated heterocycles. The summed E-state index contributed by atoms with van der Waals surface area (Å²) in [5, 5.41) is 4.78. The van der Waals surface area contributed by atoms with Gasteiger partial charge in [-0.2, -0.15) is 5.10 Å². The maximum atomic E-state index is 6.19. The number of halogens is 1. The maximum Gasteiger partial charge on any atom is 0.179 e. The second kappa shape index (κ2) is 4.66. The van der Waals surface area contributed by atoms with Gasteiger partial charge in [0.2, 0.25) is 0 Å². The van der Waals surface area contributed by atoms with E-state index in [0.717, 1.165) is 11.1 Å². The molecule has 0 spiro atoms. The number of aromatic nitrogens is 2. The normalized spacial score (nSPS) is 13.6. The zero-order valence-electron chi connectivity index (χ0n) is 10.5. The zero-order chi connectivity index (χ0) is 13.4. The molecule has 3 rings (SSSR count). The second-order valence-electron chi connectivity index (χ2n) is 4.47. The summed E-state index contributed by atoms with van der Waals surface area (Å²) in [5.41, 5.74) is 7.88. The predicted octanol–water partition coefficient (Wildman–Crippen LogP) is 2.25. The molecule has 5 nitrogen and oxygen atoms in total. The highest BCUT2D eigenvalue weighted by atomic mass is 35.5. The average Bonchev–Trinajstić information content (AvgIpc) is 2.71.